The second-order valence-corrected chi connectivity index (χ2v) is 5.08. The zero-order chi connectivity index (χ0) is 12.9. The van der Waals surface area contributed by atoms with E-state index in [0.29, 0.717) is 0 Å². The van der Waals surface area contributed by atoms with Crippen LogP contribution in [0.15, 0.2) is 29.2 Å². The van der Waals surface area contributed by atoms with Crippen LogP contribution >= 0.6 is 0 Å². The van der Waals surface area contributed by atoms with Crippen LogP contribution in [0, 0.1) is 18.8 Å². The van der Waals surface area contributed by atoms with E-state index in [4.69, 9.17) is 0 Å². The van der Waals surface area contributed by atoms with Gasteiger partial charge in [0, 0.05) is 0 Å². The zero-order valence-corrected chi connectivity index (χ0v) is 10.5. The summed E-state index contributed by atoms with van der Waals surface area (Å²) in [6.07, 6.45) is -1.10. The molecule has 17 heavy (non-hydrogen) atoms. The Morgan fingerprint density at radius 1 is 1.35 bits per heavy atom. The van der Waals surface area contributed by atoms with Crippen molar-refractivity contribution in [1.82, 2.24) is 0 Å². The fraction of sp³-hybridized carbons (Fsp3) is 0.333. The number of benzene rings is 1. The van der Waals surface area contributed by atoms with Gasteiger partial charge in [-0.1, -0.05) is 23.6 Å². The van der Waals surface area contributed by atoms with E-state index in [-0.39, 0.29) is 11.5 Å². The van der Waals surface area contributed by atoms with Gasteiger partial charge in [-0.25, -0.2) is 0 Å². The van der Waals surface area contributed by atoms with E-state index in [1.165, 1.54) is 12.1 Å². The van der Waals surface area contributed by atoms with Gasteiger partial charge in [0.1, 0.15) is 12.7 Å². The topological polar surface area (TPSA) is 63.6 Å². The smallest absolute Gasteiger partial charge is 0.297 e. The molecule has 0 spiro atoms. The molecule has 0 bridgehead atoms. The second-order valence-electron chi connectivity index (χ2n) is 3.46. The van der Waals surface area contributed by atoms with Crippen molar-refractivity contribution in [2.45, 2.75) is 24.8 Å². The first kappa shape index (κ1) is 13.7. The van der Waals surface area contributed by atoms with Crippen LogP contribution in [0.2, 0.25) is 0 Å². The number of aliphatic hydroxyl groups excluding tert-OH is 1. The highest BCUT2D eigenvalue weighted by Crippen LogP contribution is 2.13. The molecule has 5 heteroatoms. The molecule has 0 amide bonds. The predicted octanol–water partition coefficient (Wildman–Crippen LogP) is 1.08. The Kier molecular flexibility index (Phi) is 4.70. The maximum Gasteiger partial charge on any atom is 0.297 e. The third-order valence-corrected chi connectivity index (χ3v) is 3.30. The molecule has 0 radical (unpaired) electrons. The van der Waals surface area contributed by atoms with Crippen LogP contribution < -0.4 is 0 Å². The number of aliphatic hydroxyl groups is 1. The van der Waals surface area contributed by atoms with Gasteiger partial charge in [0.15, 0.2) is 0 Å². The molecule has 1 aromatic carbocycles. The summed E-state index contributed by atoms with van der Waals surface area (Å²) < 4.78 is 28.0. The molecule has 0 fully saturated rings. The van der Waals surface area contributed by atoms with E-state index in [2.05, 4.69) is 16.0 Å². The van der Waals surface area contributed by atoms with Crippen LogP contribution in [0.3, 0.4) is 0 Å². The summed E-state index contributed by atoms with van der Waals surface area (Å²) in [6, 6.07) is 6.28. The van der Waals surface area contributed by atoms with E-state index in [1.807, 2.05) is 6.92 Å². The molecular formula is C12H14O4S. The predicted molar refractivity (Wildman–Crippen MR) is 63.8 cm³/mol. The average Bonchev–Trinajstić information content (AvgIpc) is 2.28. The Labute approximate surface area is 101 Å². The summed E-state index contributed by atoms with van der Waals surface area (Å²) in [5, 5.41) is 9.24. The van der Waals surface area contributed by atoms with Crippen LogP contribution in [0.1, 0.15) is 12.5 Å². The molecule has 4 nitrogen and oxygen atoms in total. The lowest BCUT2D eigenvalue weighted by molar-refractivity contribution is 0.155. The molecule has 1 rings (SSSR count). The molecule has 0 aliphatic heterocycles. The van der Waals surface area contributed by atoms with Crippen molar-refractivity contribution >= 4 is 10.1 Å². The molecule has 0 saturated heterocycles. The van der Waals surface area contributed by atoms with Crippen LogP contribution in [0.25, 0.3) is 0 Å². The van der Waals surface area contributed by atoms with E-state index < -0.39 is 16.2 Å². The highest BCUT2D eigenvalue weighted by molar-refractivity contribution is 7.86. The van der Waals surface area contributed by atoms with E-state index in [0.717, 1.165) is 5.56 Å². The Hall–Kier alpha value is -1.35. The Bertz CT molecular complexity index is 520. The minimum absolute atomic E-state index is 0.0692. The van der Waals surface area contributed by atoms with Gasteiger partial charge in [0.05, 0.1) is 4.90 Å². The van der Waals surface area contributed by atoms with E-state index in [1.54, 1.807) is 19.1 Å². The number of hydrogen-bond donors (Lipinski definition) is 1. The van der Waals surface area contributed by atoms with Gasteiger partial charge < -0.3 is 5.11 Å². The SMILES string of the molecule is CC#C[C@@H](O)COS(=O)(=O)c1ccc(C)cc1. The van der Waals surface area contributed by atoms with Crippen molar-refractivity contribution < 1.29 is 17.7 Å². The van der Waals surface area contributed by atoms with Gasteiger partial charge in [-0.15, -0.1) is 5.92 Å². The summed E-state index contributed by atoms with van der Waals surface area (Å²) in [5.74, 6) is 4.87. The third-order valence-electron chi connectivity index (χ3n) is 2.00. The highest BCUT2D eigenvalue weighted by Gasteiger charge is 2.16. The first-order valence-electron chi connectivity index (χ1n) is 5.02. The van der Waals surface area contributed by atoms with Crippen LogP contribution in [-0.2, 0) is 14.3 Å². The maximum absolute atomic E-state index is 11.7. The van der Waals surface area contributed by atoms with Crippen molar-refractivity contribution in [2.24, 2.45) is 0 Å². The van der Waals surface area contributed by atoms with Gasteiger partial charge in [-0.05, 0) is 26.0 Å². The van der Waals surface area contributed by atoms with E-state index in [9.17, 15) is 13.5 Å². The fourth-order valence-electron chi connectivity index (χ4n) is 1.14. The lowest BCUT2D eigenvalue weighted by atomic mass is 10.2. The first-order chi connectivity index (χ1) is 7.95. The van der Waals surface area contributed by atoms with E-state index >= 15 is 0 Å². The Morgan fingerprint density at radius 2 is 1.94 bits per heavy atom. The number of hydrogen-bond acceptors (Lipinski definition) is 4. The van der Waals surface area contributed by atoms with Crippen molar-refractivity contribution in [3.05, 3.63) is 29.8 Å². The summed E-state index contributed by atoms with van der Waals surface area (Å²) in [7, 11) is -3.82. The van der Waals surface area contributed by atoms with Crippen LogP contribution in [-0.4, -0.2) is 26.2 Å². The molecule has 0 aliphatic rings. The average molecular weight is 254 g/mol. The van der Waals surface area contributed by atoms with Crippen molar-refractivity contribution in [1.29, 1.82) is 0 Å². The van der Waals surface area contributed by atoms with Gasteiger partial charge in [0.25, 0.3) is 10.1 Å². The fourth-order valence-corrected chi connectivity index (χ4v) is 2.05. The van der Waals surface area contributed by atoms with Gasteiger partial charge in [-0.2, -0.15) is 8.42 Å². The maximum atomic E-state index is 11.7. The quantitative estimate of drug-likeness (QED) is 0.645. The molecule has 0 unspecified atom stereocenters. The summed E-state index contributed by atoms with van der Waals surface area (Å²) >= 11 is 0. The van der Waals surface area contributed by atoms with Crippen molar-refractivity contribution in [2.75, 3.05) is 6.61 Å². The lowest BCUT2D eigenvalue weighted by Gasteiger charge is -2.07. The van der Waals surface area contributed by atoms with Crippen molar-refractivity contribution in [3.63, 3.8) is 0 Å². The highest BCUT2D eigenvalue weighted by atomic mass is 32.2. The lowest BCUT2D eigenvalue weighted by Crippen LogP contribution is -2.17. The largest absolute Gasteiger partial charge is 0.378 e. The summed E-state index contributed by atoms with van der Waals surface area (Å²) in [5.41, 5.74) is 0.959. The van der Waals surface area contributed by atoms with Gasteiger partial charge in [-0.3, -0.25) is 4.18 Å². The third kappa shape index (κ3) is 4.19. The minimum atomic E-state index is -3.82. The Morgan fingerprint density at radius 3 is 2.47 bits per heavy atom. The molecular weight excluding hydrogens is 240 g/mol. The summed E-state index contributed by atoms with van der Waals surface area (Å²) in [6.45, 7) is 3.05. The normalized spacial score (nSPS) is 12.6. The van der Waals surface area contributed by atoms with Crippen LogP contribution in [0.5, 0.6) is 0 Å². The molecule has 1 N–H and O–H groups in total. The second kappa shape index (κ2) is 5.82. The minimum Gasteiger partial charge on any atom is -0.378 e. The molecule has 1 aromatic rings. The Balaban J connectivity index is 2.74. The summed E-state index contributed by atoms with van der Waals surface area (Å²) in [4.78, 5) is 0.0692. The standard InChI is InChI=1S/C12H14O4S/c1-3-4-11(13)9-16-17(14,15)12-7-5-10(2)6-8-12/h5-8,11,13H,9H2,1-2H3/t11-/m1/s1. The molecule has 0 aliphatic carbocycles. The molecule has 0 saturated carbocycles. The van der Waals surface area contributed by atoms with Gasteiger partial charge >= 0.3 is 0 Å². The monoisotopic (exact) mass is 254 g/mol. The van der Waals surface area contributed by atoms with Crippen molar-refractivity contribution in [3.8, 4) is 11.8 Å². The molecule has 92 valence electrons. The molecule has 1 atom stereocenters. The van der Waals surface area contributed by atoms with Crippen LogP contribution in [0.4, 0.5) is 0 Å². The first-order valence-corrected chi connectivity index (χ1v) is 6.43. The number of aryl methyl sites for hydroxylation is 1. The number of rotatable bonds is 4. The molecule has 0 aromatic heterocycles. The molecule has 0 heterocycles. The zero-order valence-electron chi connectivity index (χ0n) is 9.67. The van der Waals surface area contributed by atoms with Gasteiger partial charge in [0.2, 0.25) is 0 Å².